The molecule has 1 amide bonds. The number of aromatic nitrogens is 4. The van der Waals surface area contributed by atoms with E-state index in [1.54, 1.807) is 42.6 Å². The molecule has 2 aromatic heterocycles. The molecule has 0 saturated heterocycles. The number of pyridine rings is 1. The molecule has 0 aliphatic carbocycles. The SMILES string of the molecule is Cn1c(SC(F)(F)C(=O)Nc2ccccc2)nnc1-c1ccccn1. The molecule has 0 aliphatic heterocycles. The second-order valence-electron chi connectivity index (χ2n) is 5.02. The molecule has 0 atom stereocenters. The minimum atomic E-state index is -3.71. The van der Waals surface area contributed by atoms with Crippen molar-refractivity contribution >= 4 is 23.4 Å². The second-order valence-corrected chi connectivity index (χ2v) is 6.10. The Balaban J connectivity index is 1.77. The van der Waals surface area contributed by atoms with Crippen molar-refractivity contribution in [3.8, 4) is 11.5 Å². The van der Waals surface area contributed by atoms with Gasteiger partial charge in [-0.2, -0.15) is 8.78 Å². The maximum Gasteiger partial charge on any atom is 0.378 e. The molecule has 0 radical (unpaired) electrons. The fourth-order valence-electron chi connectivity index (χ4n) is 2.01. The van der Waals surface area contributed by atoms with Gasteiger partial charge >= 0.3 is 11.2 Å². The van der Waals surface area contributed by atoms with Gasteiger partial charge in [0.25, 0.3) is 0 Å². The third-order valence-electron chi connectivity index (χ3n) is 3.24. The molecule has 0 aliphatic rings. The Morgan fingerprint density at radius 1 is 1.12 bits per heavy atom. The second kappa shape index (κ2) is 6.98. The number of thioether (sulfide) groups is 1. The number of para-hydroxylation sites is 1. The van der Waals surface area contributed by atoms with Gasteiger partial charge in [-0.05, 0) is 36.0 Å². The van der Waals surface area contributed by atoms with Gasteiger partial charge in [0.1, 0.15) is 5.69 Å². The summed E-state index contributed by atoms with van der Waals surface area (Å²) in [4.78, 5) is 16.0. The van der Waals surface area contributed by atoms with Gasteiger partial charge in [-0.3, -0.25) is 9.78 Å². The van der Waals surface area contributed by atoms with E-state index in [4.69, 9.17) is 0 Å². The van der Waals surface area contributed by atoms with Gasteiger partial charge in [-0.25, -0.2) is 0 Å². The summed E-state index contributed by atoms with van der Waals surface area (Å²) in [6.45, 7) is 0. The van der Waals surface area contributed by atoms with Gasteiger partial charge in [0.15, 0.2) is 11.0 Å². The van der Waals surface area contributed by atoms with Crippen LogP contribution in [0.5, 0.6) is 0 Å². The van der Waals surface area contributed by atoms with E-state index in [-0.39, 0.29) is 16.9 Å². The maximum absolute atomic E-state index is 14.2. The third-order valence-corrected chi connectivity index (χ3v) is 4.22. The van der Waals surface area contributed by atoms with Crippen molar-refractivity contribution in [2.75, 3.05) is 5.32 Å². The van der Waals surface area contributed by atoms with E-state index < -0.39 is 11.2 Å². The summed E-state index contributed by atoms with van der Waals surface area (Å²) in [5, 5.41) is 6.00. The number of hydrogen-bond donors (Lipinski definition) is 1. The third kappa shape index (κ3) is 3.82. The Morgan fingerprint density at radius 3 is 2.52 bits per heavy atom. The van der Waals surface area contributed by atoms with Crippen molar-refractivity contribution in [3.05, 3.63) is 54.7 Å². The highest BCUT2D eigenvalue weighted by Crippen LogP contribution is 2.36. The first-order chi connectivity index (χ1) is 12.0. The number of halogens is 2. The Morgan fingerprint density at radius 2 is 1.84 bits per heavy atom. The molecule has 0 spiro atoms. The monoisotopic (exact) mass is 361 g/mol. The average Bonchev–Trinajstić information content (AvgIpc) is 2.96. The molecular formula is C16H13F2N5OS. The molecule has 1 N–H and O–H groups in total. The topological polar surface area (TPSA) is 72.7 Å². The normalized spacial score (nSPS) is 11.3. The summed E-state index contributed by atoms with van der Waals surface area (Å²) in [6.07, 6.45) is 1.57. The predicted molar refractivity (Wildman–Crippen MR) is 90.1 cm³/mol. The summed E-state index contributed by atoms with van der Waals surface area (Å²) >= 11 is 0.0316. The van der Waals surface area contributed by atoms with Crippen LogP contribution in [0.1, 0.15) is 0 Å². The van der Waals surface area contributed by atoms with E-state index >= 15 is 0 Å². The predicted octanol–water partition coefficient (Wildman–Crippen LogP) is 3.20. The Bertz CT molecular complexity index is 871. The fraction of sp³-hybridized carbons (Fsp3) is 0.125. The van der Waals surface area contributed by atoms with Crippen molar-refractivity contribution < 1.29 is 13.6 Å². The van der Waals surface area contributed by atoms with Crippen LogP contribution in [0.15, 0.2) is 59.9 Å². The van der Waals surface area contributed by atoms with Gasteiger partial charge in [0.05, 0.1) is 0 Å². The molecule has 3 rings (SSSR count). The number of hydrogen-bond acceptors (Lipinski definition) is 5. The largest absolute Gasteiger partial charge is 0.378 e. The van der Waals surface area contributed by atoms with E-state index in [1.165, 1.54) is 23.7 Å². The van der Waals surface area contributed by atoms with Gasteiger partial charge < -0.3 is 9.88 Å². The zero-order chi connectivity index (χ0) is 17.9. The molecule has 6 nitrogen and oxygen atoms in total. The standard InChI is InChI=1S/C16H13F2N5OS/c1-23-13(12-9-5-6-10-19-12)21-22-15(23)25-16(17,18)14(24)20-11-7-3-2-4-8-11/h2-10H,1H3,(H,20,24). The lowest BCUT2D eigenvalue weighted by molar-refractivity contribution is -0.129. The van der Waals surface area contributed by atoms with Crippen LogP contribution in [0.3, 0.4) is 0 Å². The minimum Gasteiger partial charge on any atom is -0.320 e. The van der Waals surface area contributed by atoms with E-state index in [2.05, 4.69) is 20.5 Å². The fourth-order valence-corrected chi connectivity index (χ4v) is 2.69. The molecule has 2 heterocycles. The maximum atomic E-state index is 14.2. The lowest BCUT2D eigenvalue weighted by atomic mass is 10.3. The zero-order valence-corrected chi connectivity index (χ0v) is 13.9. The summed E-state index contributed by atoms with van der Waals surface area (Å²) in [6, 6.07) is 13.2. The number of anilines is 1. The molecule has 1 aromatic carbocycles. The van der Waals surface area contributed by atoms with E-state index in [0.717, 1.165) is 0 Å². The van der Waals surface area contributed by atoms with Crippen LogP contribution in [0.2, 0.25) is 0 Å². The Hall–Kier alpha value is -2.81. The van der Waals surface area contributed by atoms with E-state index in [9.17, 15) is 13.6 Å². The van der Waals surface area contributed by atoms with Crippen molar-refractivity contribution in [3.63, 3.8) is 0 Å². The number of nitrogens with one attached hydrogen (secondary N) is 1. The first kappa shape index (κ1) is 17.0. The molecule has 0 bridgehead atoms. The van der Waals surface area contributed by atoms with Crippen LogP contribution >= 0.6 is 11.8 Å². The van der Waals surface area contributed by atoms with Gasteiger partial charge in [0.2, 0.25) is 0 Å². The molecule has 3 aromatic rings. The van der Waals surface area contributed by atoms with Crippen molar-refractivity contribution in [2.24, 2.45) is 7.05 Å². The number of alkyl halides is 2. The highest BCUT2D eigenvalue weighted by molar-refractivity contribution is 8.00. The lowest BCUT2D eigenvalue weighted by Crippen LogP contribution is -2.31. The van der Waals surface area contributed by atoms with Crippen molar-refractivity contribution in [1.29, 1.82) is 0 Å². The summed E-state index contributed by atoms with van der Waals surface area (Å²) < 4.78 is 29.8. The van der Waals surface area contributed by atoms with Crippen LogP contribution in [0.25, 0.3) is 11.5 Å². The number of benzene rings is 1. The highest BCUT2D eigenvalue weighted by Gasteiger charge is 2.42. The number of amides is 1. The van der Waals surface area contributed by atoms with Gasteiger partial charge in [0, 0.05) is 18.9 Å². The molecule has 0 fully saturated rings. The Kier molecular flexibility index (Phi) is 4.75. The average molecular weight is 361 g/mol. The van der Waals surface area contributed by atoms with Crippen LogP contribution in [0.4, 0.5) is 14.5 Å². The molecule has 9 heteroatoms. The molecule has 128 valence electrons. The quantitative estimate of drug-likeness (QED) is 0.707. The summed E-state index contributed by atoms with van der Waals surface area (Å²) in [5.74, 6) is -1.09. The number of nitrogens with zero attached hydrogens (tertiary/aromatic N) is 4. The molecule has 25 heavy (non-hydrogen) atoms. The smallest absolute Gasteiger partial charge is 0.320 e. The lowest BCUT2D eigenvalue weighted by Gasteiger charge is -2.14. The van der Waals surface area contributed by atoms with Crippen LogP contribution in [-0.4, -0.2) is 30.9 Å². The van der Waals surface area contributed by atoms with E-state index in [0.29, 0.717) is 17.2 Å². The van der Waals surface area contributed by atoms with Crippen LogP contribution in [-0.2, 0) is 11.8 Å². The number of carbonyl (C=O) groups excluding carboxylic acids is 1. The summed E-state index contributed by atoms with van der Waals surface area (Å²) in [5.41, 5.74) is 0.793. The molecule has 0 unspecified atom stereocenters. The number of rotatable bonds is 5. The van der Waals surface area contributed by atoms with Gasteiger partial charge in [-0.1, -0.05) is 24.3 Å². The summed E-state index contributed by atoms with van der Waals surface area (Å²) in [7, 11) is 1.54. The van der Waals surface area contributed by atoms with Crippen molar-refractivity contribution in [1.82, 2.24) is 19.7 Å². The molecule has 0 saturated carbocycles. The van der Waals surface area contributed by atoms with Gasteiger partial charge in [-0.15, -0.1) is 10.2 Å². The molecular weight excluding hydrogens is 348 g/mol. The first-order valence-corrected chi connectivity index (χ1v) is 8.03. The zero-order valence-electron chi connectivity index (χ0n) is 13.1. The van der Waals surface area contributed by atoms with E-state index in [1.807, 2.05) is 0 Å². The van der Waals surface area contributed by atoms with Crippen LogP contribution in [0, 0.1) is 0 Å². The van der Waals surface area contributed by atoms with Crippen molar-refractivity contribution in [2.45, 2.75) is 10.4 Å². The first-order valence-electron chi connectivity index (χ1n) is 7.21. The minimum absolute atomic E-state index is 0.0316. The van der Waals surface area contributed by atoms with Crippen LogP contribution < -0.4 is 5.32 Å². The highest BCUT2D eigenvalue weighted by atomic mass is 32.2. The number of carbonyl (C=O) groups is 1. The Labute approximate surface area is 146 Å².